The lowest BCUT2D eigenvalue weighted by Gasteiger charge is -2.17. The first-order valence-electron chi connectivity index (χ1n) is 9.25. The highest BCUT2D eigenvalue weighted by Gasteiger charge is 2.24. The number of nitrogens with zero attached hydrogens (tertiary/aromatic N) is 2. The van der Waals surface area contributed by atoms with Crippen molar-refractivity contribution in [3.8, 4) is 5.75 Å². The molecule has 0 unspecified atom stereocenters. The third kappa shape index (κ3) is 4.03. The molecule has 3 aromatic rings. The summed E-state index contributed by atoms with van der Waals surface area (Å²) in [5.41, 5.74) is 1.37. The van der Waals surface area contributed by atoms with Gasteiger partial charge in [-0.25, -0.2) is 0 Å². The van der Waals surface area contributed by atoms with Crippen LogP contribution in [0.3, 0.4) is 0 Å². The Balaban J connectivity index is 1.83. The Morgan fingerprint density at radius 2 is 1.63 bits per heavy atom. The molecule has 1 aromatic heterocycles. The number of fused-ring (bicyclic) bond motifs is 1. The smallest absolute Gasteiger partial charge is 0.295 e. The van der Waals surface area contributed by atoms with Crippen molar-refractivity contribution >= 4 is 22.6 Å². The van der Waals surface area contributed by atoms with Gasteiger partial charge in [0.1, 0.15) is 12.4 Å². The lowest BCUT2D eigenvalue weighted by Crippen LogP contribution is -2.36. The van der Waals surface area contributed by atoms with Crippen molar-refractivity contribution < 1.29 is 14.3 Å². The molecule has 0 aliphatic heterocycles. The minimum absolute atomic E-state index is 0.446. The van der Waals surface area contributed by atoms with E-state index >= 15 is 0 Å². The molecule has 27 heavy (non-hydrogen) atoms. The van der Waals surface area contributed by atoms with Gasteiger partial charge in [-0.1, -0.05) is 36.4 Å². The van der Waals surface area contributed by atoms with E-state index in [0.29, 0.717) is 31.8 Å². The fourth-order valence-electron chi connectivity index (χ4n) is 3.16. The molecule has 3 rings (SSSR count). The predicted octanol–water partition coefficient (Wildman–Crippen LogP) is 3.77. The second-order valence-electron chi connectivity index (χ2n) is 6.22. The van der Waals surface area contributed by atoms with Crippen molar-refractivity contribution in [1.29, 1.82) is 0 Å². The quantitative estimate of drug-likeness (QED) is 0.452. The molecule has 0 aliphatic carbocycles. The summed E-state index contributed by atoms with van der Waals surface area (Å²) in [6.07, 6.45) is 1.77. The lowest BCUT2D eigenvalue weighted by atomic mass is 10.1. The highest BCUT2D eigenvalue weighted by molar-refractivity contribution is 6.44. The first-order chi connectivity index (χ1) is 13.2. The molecule has 140 valence electrons. The van der Waals surface area contributed by atoms with Gasteiger partial charge in [0.25, 0.3) is 11.7 Å². The van der Waals surface area contributed by atoms with Gasteiger partial charge in [0.05, 0.1) is 12.1 Å². The van der Waals surface area contributed by atoms with Gasteiger partial charge in [-0.3, -0.25) is 9.59 Å². The molecule has 0 fully saturated rings. The van der Waals surface area contributed by atoms with Crippen molar-refractivity contribution in [2.45, 2.75) is 20.4 Å². The van der Waals surface area contributed by atoms with E-state index in [4.69, 9.17) is 4.74 Å². The molecule has 0 saturated carbocycles. The van der Waals surface area contributed by atoms with E-state index in [9.17, 15) is 9.59 Å². The summed E-state index contributed by atoms with van der Waals surface area (Å²) >= 11 is 0. The summed E-state index contributed by atoms with van der Waals surface area (Å²) in [7, 11) is 0. The second kappa shape index (κ2) is 8.54. The Morgan fingerprint density at radius 1 is 0.963 bits per heavy atom. The summed E-state index contributed by atoms with van der Waals surface area (Å²) in [6, 6.07) is 17.3. The van der Waals surface area contributed by atoms with Gasteiger partial charge >= 0.3 is 0 Å². The van der Waals surface area contributed by atoms with Crippen LogP contribution in [0.2, 0.25) is 0 Å². The third-order valence-corrected chi connectivity index (χ3v) is 4.62. The molecule has 2 aromatic carbocycles. The lowest BCUT2D eigenvalue weighted by molar-refractivity contribution is -0.126. The molecule has 0 saturated heterocycles. The van der Waals surface area contributed by atoms with Crippen LogP contribution in [0.1, 0.15) is 24.2 Å². The number of ether oxygens (including phenoxy) is 1. The Bertz CT molecular complexity index is 927. The molecule has 0 radical (unpaired) electrons. The highest BCUT2D eigenvalue weighted by Crippen LogP contribution is 2.22. The van der Waals surface area contributed by atoms with Crippen LogP contribution < -0.4 is 4.74 Å². The highest BCUT2D eigenvalue weighted by atomic mass is 16.5. The molecule has 5 heteroatoms. The molecule has 5 nitrogen and oxygen atoms in total. The first-order valence-corrected chi connectivity index (χ1v) is 9.25. The number of benzene rings is 2. The monoisotopic (exact) mass is 364 g/mol. The summed E-state index contributed by atoms with van der Waals surface area (Å²) in [5, 5.41) is 0.794. The SMILES string of the molecule is CCN(CC)C(=O)C(=O)c1cn(CCOc2ccccc2)c2ccccc12. The van der Waals surface area contributed by atoms with Gasteiger partial charge in [-0.2, -0.15) is 0 Å². The summed E-state index contributed by atoms with van der Waals surface area (Å²) in [4.78, 5) is 26.8. The summed E-state index contributed by atoms with van der Waals surface area (Å²) < 4.78 is 7.74. The summed E-state index contributed by atoms with van der Waals surface area (Å²) in [6.45, 7) is 5.84. The minimum Gasteiger partial charge on any atom is -0.492 e. The van der Waals surface area contributed by atoms with Gasteiger partial charge in [-0.15, -0.1) is 0 Å². The van der Waals surface area contributed by atoms with Gasteiger partial charge in [0.2, 0.25) is 0 Å². The molecule has 0 atom stereocenters. The maximum Gasteiger partial charge on any atom is 0.295 e. The van der Waals surface area contributed by atoms with Crippen molar-refractivity contribution in [1.82, 2.24) is 9.47 Å². The van der Waals surface area contributed by atoms with Crippen molar-refractivity contribution in [2.24, 2.45) is 0 Å². The fourth-order valence-corrected chi connectivity index (χ4v) is 3.16. The zero-order valence-electron chi connectivity index (χ0n) is 15.7. The number of hydrogen-bond donors (Lipinski definition) is 0. The molecular weight excluding hydrogens is 340 g/mol. The standard InChI is InChI=1S/C22H24N2O3/c1-3-23(4-2)22(26)21(25)19-16-24(20-13-9-8-12-18(19)20)14-15-27-17-10-6-5-7-11-17/h5-13,16H,3-4,14-15H2,1-2H3. The molecular formula is C22H24N2O3. The Morgan fingerprint density at radius 3 is 2.33 bits per heavy atom. The number of rotatable bonds is 8. The molecule has 0 aliphatic rings. The Labute approximate surface area is 159 Å². The second-order valence-corrected chi connectivity index (χ2v) is 6.22. The number of hydrogen-bond acceptors (Lipinski definition) is 3. The van der Waals surface area contributed by atoms with Crippen LogP contribution in [-0.2, 0) is 11.3 Å². The van der Waals surface area contributed by atoms with E-state index < -0.39 is 11.7 Å². The number of Topliss-reactive ketones (excluding diaryl/α,β-unsaturated/α-hetero) is 1. The number of aromatic nitrogens is 1. The predicted molar refractivity (Wildman–Crippen MR) is 106 cm³/mol. The van der Waals surface area contributed by atoms with E-state index in [-0.39, 0.29) is 0 Å². The van der Waals surface area contributed by atoms with E-state index in [1.54, 1.807) is 11.1 Å². The number of likely N-dealkylation sites (N-methyl/N-ethyl adjacent to an activating group) is 1. The van der Waals surface area contributed by atoms with Crippen LogP contribution in [0.5, 0.6) is 5.75 Å². The largest absolute Gasteiger partial charge is 0.492 e. The number of para-hydroxylation sites is 2. The molecule has 1 amide bonds. The van der Waals surface area contributed by atoms with E-state index in [2.05, 4.69) is 0 Å². The van der Waals surface area contributed by atoms with Gasteiger partial charge < -0.3 is 14.2 Å². The maximum absolute atomic E-state index is 12.8. The molecule has 1 heterocycles. The van der Waals surface area contributed by atoms with Crippen LogP contribution in [-0.4, -0.2) is 40.9 Å². The number of ketones is 1. The molecule has 0 spiro atoms. The van der Waals surface area contributed by atoms with Gasteiger partial charge in [-0.05, 0) is 32.0 Å². The van der Waals surface area contributed by atoms with E-state index in [1.165, 1.54) is 0 Å². The zero-order chi connectivity index (χ0) is 19.2. The van der Waals surface area contributed by atoms with Gasteiger partial charge in [0.15, 0.2) is 0 Å². The van der Waals surface area contributed by atoms with Crippen LogP contribution >= 0.6 is 0 Å². The Kier molecular flexibility index (Phi) is 5.91. The topological polar surface area (TPSA) is 51.5 Å². The van der Waals surface area contributed by atoms with Crippen molar-refractivity contribution in [3.05, 3.63) is 66.4 Å². The van der Waals surface area contributed by atoms with Crippen LogP contribution in [0.25, 0.3) is 10.9 Å². The zero-order valence-corrected chi connectivity index (χ0v) is 15.7. The number of carbonyl (C=O) groups excluding carboxylic acids is 2. The maximum atomic E-state index is 12.8. The first kappa shape index (κ1) is 18.7. The average Bonchev–Trinajstić information content (AvgIpc) is 3.08. The minimum atomic E-state index is -0.461. The third-order valence-electron chi connectivity index (χ3n) is 4.62. The van der Waals surface area contributed by atoms with Crippen molar-refractivity contribution in [3.63, 3.8) is 0 Å². The molecule has 0 bridgehead atoms. The van der Waals surface area contributed by atoms with Gasteiger partial charge in [0, 0.05) is 30.2 Å². The molecule has 0 N–H and O–H groups in total. The Hall–Kier alpha value is -3.08. The fraction of sp³-hybridized carbons (Fsp3) is 0.273. The average molecular weight is 364 g/mol. The number of carbonyl (C=O) groups is 2. The van der Waals surface area contributed by atoms with Crippen LogP contribution in [0.15, 0.2) is 60.8 Å². The number of amides is 1. The normalized spacial score (nSPS) is 10.7. The van der Waals surface area contributed by atoms with Crippen LogP contribution in [0, 0.1) is 0 Å². The van der Waals surface area contributed by atoms with Crippen molar-refractivity contribution in [2.75, 3.05) is 19.7 Å². The van der Waals surface area contributed by atoms with E-state index in [0.717, 1.165) is 16.7 Å². The van der Waals surface area contributed by atoms with E-state index in [1.807, 2.05) is 73.0 Å². The van der Waals surface area contributed by atoms with Crippen LogP contribution in [0.4, 0.5) is 0 Å². The summed E-state index contributed by atoms with van der Waals surface area (Å²) in [5.74, 6) is -0.108.